The summed E-state index contributed by atoms with van der Waals surface area (Å²) in [7, 11) is 1.37. The van der Waals surface area contributed by atoms with Gasteiger partial charge in [-0.25, -0.2) is 0 Å². The van der Waals surface area contributed by atoms with E-state index in [1.54, 1.807) is 0 Å². The lowest BCUT2D eigenvalue weighted by Crippen LogP contribution is -2.45. The van der Waals surface area contributed by atoms with Crippen LogP contribution in [0.25, 0.3) is 0 Å². The fourth-order valence-electron chi connectivity index (χ4n) is 4.16. The summed E-state index contributed by atoms with van der Waals surface area (Å²) in [5.41, 5.74) is -0.308. The first-order valence-electron chi connectivity index (χ1n) is 7.66. The van der Waals surface area contributed by atoms with E-state index < -0.39 is 0 Å². The fourth-order valence-corrected chi connectivity index (χ4v) is 4.16. The van der Waals surface area contributed by atoms with Crippen molar-refractivity contribution in [1.82, 2.24) is 0 Å². The average molecular weight is 296 g/mol. The Labute approximate surface area is 125 Å². The van der Waals surface area contributed by atoms with Gasteiger partial charge in [0.15, 0.2) is 0 Å². The zero-order valence-corrected chi connectivity index (χ0v) is 13.0. The molecule has 0 spiro atoms. The molecule has 2 unspecified atom stereocenters. The topological polar surface area (TPSA) is 69.7 Å². The first kappa shape index (κ1) is 16.0. The minimum Gasteiger partial charge on any atom is -0.469 e. The second-order valence-corrected chi connectivity index (χ2v) is 6.45. The Morgan fingerprint density at radius 1 is 1.33 bits per heavy atom. The Bertz CT molecular complexity index is 444. The van der Waals surface area contributed by atoms with Crippen LogP contribution in [0.1, 0.15) is 52.4 Å². The Balaban J connectivity index is 2.15. The molecule has 0 aliphatic heterocycles. The van der Waals surface area contributed by atoms with Crippen molar-refractivity contribution in [2.45, 2.75) is 58.5 Å². The molecule has 2 rings (SSSR count). The molecule has 0 N–H and O–H groups in total. The maximum atomic E-state index is 12.2. The first-order valence-corrected chi connectivity index (χ1v) is 7.66. The fraction of sp³-hybridized carbons (Fsp3) is 0.812. The lowest BCUT2D eigenvalue weighted by molar-refractivity contribution is -0.157. The highest BCUT2D eigenvalue weighted by molar-refractivity contribution is 5.87. The smallest absolute Gasteiger partial charge is 0.305 e. The minimum atomic E-state index is -0.308. The highest BCUT2D eigenvalue weighted by atomic mass is 16.5. The lowest BCUT2D eigenvalue weighted by Gasteiger charge is -2.44. The SMILES string of the molecule is COC(=O)CCC1C(OC(C)=O)CC[C@]2(C)C(=O)CC[C@@H]12. The van der Waals surface area contributed by atoms with Crippen molar-refractivity contribution in [3.8, 4) is 0 Å². The van der Waals surface area contributed by atoms with E-state index in [0.717, 1.165) is 12.8 Å². The zero-order chi connectivity index (χ0) is 15.6. The van der Waals surface area contributed by atoms with E-state index in [9.17, 15) is 14.4 Å². The molecular weight excluding hydrogens is 272 g/mol. The molecule has 21 heavy (non-hydrogen) atoms. The molecule has 5 heteroatoms. The summed E-state index contributed by atoms with van der Waals surface area (Å²) in [5, 5.41) is 0. The minimum absolute atomic E-state index is 0.0678. The Hall–Kier alpha value is -1.39. The molecule has 0 saturated heterocycles. The van der Waals surface area contributed by atoms with Crippen LogP contribution in [0.4, 0.5) is 0 Å². The summed E-state index contributed by atoms with van der Waals surface area (Å²) in [6, 6.07) is 0. The molecule has 0 aromatic carbocycles. The third-order valence-electron chi connectivity index (χ3n) is 5.31. The van der Waals surface area contributed by atoms with E-state index in [-0.39, 0.29) is 35.3 Å². The van der Waals surface area contributed by atoms with Crippen molar-refractivity contribution in [2.75, 3.05) is 7.11 Å². The maximum absolute atomic E-state index is 12.2. The molecule has 0 bridgehead atoms. The molecule has 2 aliphatic rings. The van der Waals surface area contributed by atoms with Gasteiger partial charge in [0.05, 0.1) is 7.11 Å². The molecule has 2 saturated carbocycles. The summed E-state index contributed by atoms with van der Waals surface area (Å²) >= 11 is 0. The van der Waals surface area contributed by atoms with Crippen LogP contribution in [0.3, 0.4) is 0 Å². The Morgan fingerprint density at radius 3 is 2.67 bits per heavy atom. The standard InChI is InChI=1S/C16H24O5/c1-10(17)21-13-8-9-16(2)12(5-6-14(16)18)11(13)4-7-15(19)20-3/h11-13H,4-9H2,1-3H3/t11?,12-,13?,16-/m0/s1. The number of hydrogen-bond acceptors (Lipinski definition) is 5. The molecule has 0 aromatic heterocycles. The molecule has 0 radical (unpaired) electrons. The maximum Gasteiger partial charge on any atom is 0.305 e. The number of fused-ring (bicyclic) bond motifs is 1. The van der Waals surface area contributed by atoms with Crippen LogP contribution in [0.2, 0.25) is 0 Å². The van der Waals surface area contributed by atoms with Gasteiger partial charge in [0, 0.05) is 31.1 Å². The Kier molecular flexibility index (Phi) is 4.69. The summed E-state index contributed by atoms with van der Waals surface area (Å²) in [4.78, 5) is 34.9. The highest BCUT2D eigenvalue weighted by Gasteiger charge is 2.54. The molecule has 118 valence electrons. The van der Waals surface area contributed by atoms with Gasteiger partial charge in [0.25, 0.3) is 0 Å². The van der Waals surface area contributed by atoms with Gasteiger partial charge in [-0.3, -0.25) is 14.4 Å². The van der Waals surface area contributed by atoms with Gasteiger partial charge in [-0.15, -0.1) is 0 Å². The van der Waals surface area contributed by atoms with E-state index in [4.69, 9.17) is 9.47 Å². The highest BCUT2D eigenvalue weighted by Crippen LogP contribution is 2.54. The van der Waals surface area contributed by atoms with Crippen molar-refractivity contribution >= 4 is 17.7 Å². The van der Waals surface area contributed by atoms with Gasteiger partial charge in [-0.2, -0.15) is 0 Å². The lowest BCUT2D eigenvalue weighted by atomic mass is 9.62. The van der Waals surface area contributed by atoms with Crippen LogP contribution < -0.4 is 0 Å². The molecule has 2 fully saturated rings. The monoisotopic (exact) mass is 296 g/mol. The number of carbonyl (C=O) groups excluding carboxylic acids is 3. The zero-order valence-electron chi connectivity index (χ0n) is 13.0. The van der Waals surface area contributed by atoms with Gasteiger partial charge in [-0.1, -0.05) is 6.92 Å². The number of esters is 2. The summed E-state index contributed by atoms with van der Waals surface area (Å²) in [6.45, 7) is 3.44. The van der Waals surface area contributed by atoms with E-state index in [1.165, 1.54) is 14.0 Å². The summed E-state index contributed by atoms with van der Waals surface area (Å²) in [5.74, 6) is 0.0342. The van der Waals surface area contributed by atoms with E-state index >= 15 is 0 Å². The number of hydrogen-bond donors (Lipinski definition) is 0. The van der Waals surface area contributed by atoms with E-state index in [1.807, 2.05) is 6.92 Å². The molecule has 0 aromatic rings. The number of Topliss-reactive ketones (excluding diaryl/α,β-unsaturated/α-hetero) is 1. The van der Waals surface area contributed by atoms with Crippen LogP contribution in [0.5, 0.6) is 0 Å². The molecule has 0 amide bonds. The van der Waals surface area contributed by atoms with Crippen LogP contribution in [-0.4, -0.2) is 30.9 Å². The van der Waals surface area contributed by atoms with Crippen molar-refractivity contribution in [3.63, 3.8) is 0 Å². The molecule has 4 atom stereocenters. The van der Waals surface area contributed by atoms with Crippen molar-refractivity contribution in [3.05, 3.63) is 0 Å². The van der Waals surface area contributed by atoms with Crippen molar-refractivity contribution in [2.24, 2.45) is 17.3 Å². The van der Waals surface area contributed by atoms with Crippen LogP contribution in [-0.2, 0) is 23.9 Å². The molecule has 2 aliphatic carbocycles. The van der Waals surface area contributed by atoms with Crippen LogP contribution in [0, 0.1) is 17.3 Å². The molecule has 0 heterocycles. The normalized spacial score (nSPS) is 35.2. The number of carbonyl (C=O) groups is 3. The predicted molar refractivity (Wildman–Crippen MR) is 75.4 cm³/mol. The van der Waals surface area contributed by atoms with Crippen LogP contribution in [0.15, 0.2) is 0 Å². The molecule has 5 nitrogen and oxygen atoms in total. The number of rotatable bonds is 4. The van der Waals surface area contributed by atoms with Gasteiger partial charge in [0.2, 0.25) is 0 Å². The summed E-state index contributed by atoms with van der Waals surface area (Å²) in [6.07, 6.45) is 3.63. The third-order valence-corrected chi connectivity index (χ3v) is 5.31. The quantitative estimate of drug-likeness (QED) is 0.744. The van der Waals surface area contributed by atoms with E-state index in [2.05, 4.69) is 0 Å². The Morgan fingerprint density at radius 2 is 2.05 bits per heavy atom. The molecular formula is C16H24O5. The summed E-state index contributed by atoms with van der Waals surface area (Å²) < 4.78 is 10.2. The second kappa shape index (κ2) is 6.16. The van der Waals surface area contributed by atoms with Crippen molar-refractivity contribution < 1.29 is 23.9 Å². The van der Waals surface area contributed by atoms with Crippen molar-refractivity contribution in [1.29, 1.82) is 0 Å². The predicted octanol–water partition coefficient (Wildman–Crippen LogP) is 2.27. The van der Waals surface area contributed by atoms with E-state index in [0.29, 0.717) is 31.5 Å². The number of ether oxygens (including phenoxy) is 2. The largest absolute Gasteiger partial charge is 0.469 e. The number of ketones is 1. The average Bonchev–Trinajstić information content (AvgIpc) is 2.73. The van der Waals surface area contributed by atoms with Gasteiger partial charge in [-0.05, 0) is 31.6 Å². The van der Waals surface area contributed by atoms with Gasteiger partial charge in [0.1, 0.15) is 11.9 Å². The third kappa shape index (κ3) is 3.11. The first-order chi connectivity index (χ1) is 9.88. The second-order valence-electron chi connectivity index (χ2n) is 6.45. The van der Waals surface area contributed by atoms with Gasteiger partial charge >= 0.3 is 11.9 Å². The number of methoxy groups -OCH3 is 1. The van der Waals surface area contributed by atoms with Crippen LogP contribution >= 0.6 is 0 Å². The van der Waals surface area contributed by atoms with Gasteiger partial charge < -0.3 is 9.47 Å².